The van der Waals surface area contributed by atoms with E-state index in [0.717, 1.165) is 0 Å². The summed E-state index contributed by atoms with van der Waals surface area (Å²) >= 11 is 0. The van der Waals surface area contributed by atoms with E-state index in [9.17, 15) is 14.4 Å². The van der Waals surface area contributed by atoms with Gasteiger partial charge in [-0.2, -0.15) is 5.10 Å². The molecule has 0 aromatic carbocycles. The van der Waals surface area contributed by atoms with Gasteiger partial charge in [0.25, 0.3) is 0 Å². The summed E-state index contributed by atoms with van der Waals surface area (Å²) in [5, 5.41) is 4.23. The quantitative estimate of drug-likeness (QED) is 0.348. The third-order valence-electron chi connectivity index (χ3n) is 4.86. The monoisotopic (exact) mass is 463 g/mol. The molecular formula is C20H25N5O8. The maximum Gasteiger partial charge on any atom is 0.508 e. The van der Waals surface area contributed by atoms with E-state index in [2.05, 4.69) is 15.1 Å². The van der Waals surface area contributed by atoms with Crippen LogP contribution in [0.4, 0.5) is 10.6 Å². The molecule has 1 aliphatic rings. The van der Waals surface area contributed by atoms with Gasteiger partial charge in [-0.05, 0) is 19.1 Å². The number of hydrogen-bond acceptors (Lipinski definition) is 12. The predicted molar refractivity (Wildman–Crippen MR) is 112 cm³/mol. The van der Waals surface area contributed by atoms with Crippen LogP contribution >= 0.6 is 0 Å². The van der Waals surface area contributed by atoms with Gasteiger partial charge in [-0.3, -0.25) is 14.6 Å². The largest absolute Gasteiger partial charge is 0.508 e. The van der Waals surface area contributed by atoms with E-state index in [1.807, 2.05) is 0 Å². The first-order chi connectivity index (χ1) is 15.7. The Morgan fingerprint density at radius 1 is 1.24 bits per heavy atom. The Morgan fingerprint density at radius 2 is 1.97 bits per heavy atom. The summed E-state index contributed by atoms with van der Waals surface area (Å²) in [6, 6.07) is 3.31. The molecule has 3 rings (SSSR count). The number of carbonyl (C=O) groups excluding carboxylic acids is 3. The van der Waals surface area contributed by atoms with Crippen LogP contribution in [-0.2, 0) is 38.9 Å². The minimum Gasteiger partial charge on any atom is -0.456 e. The summed E-state index contributed by atoms with van der Waals surface area (Å²) in [7, 11) is 1.50. The van der Waals surface area contributed by atoms with Crippen LogP contribution in [0.3, 0.4) is 0 Å². The molecule has 0 bridgehead atoms. The minimum absolute atomic E-state index is 0.109. The number of ether oxygens (including phenoxy) is 5. The average Bonchev–Trinajstić information content (AvgIpc) is 3.29. The van der Waals surface area contributed by atoms with E-state index in [1.54, 1.807) is 19.1 Å². The lowest BCUT2D eigenvalue weighted by molar-refractivity contribution is -0.166. The van der Waals surface area contributed by atoms with E-state index in [-0.39, 0.29) is 19.0 Å². The maximum absolute atomic E-state index is 12.0. The van der Waals surface area contributed by atoms with Crippen LogP contribution in [-0.4, -0.2) is 77.5 Å². The molecule has 1 saturated heterocycles. The molecule has 178 valence electrons. The highest BCUT2D eigenvalue weighted by molar-refractivity contribution is 5.77. The molecule has 0 saturated carbocycles. The fraction of sp³-hybridized carbons (Fsp3) is 0.500. The van der Waals surface area contributed by atoms with Crippen LogP contribution in [0.5, 0.6) is 0 Å². The zero-order valence-corrected chi connectivity index (χ0v) is 18.6. The Bertz CT molecular complexity index is 1070. The molecule has 1 aliphatic heterocycles. The van der Waals surface area contributed by atoms with Gasteiger partial charge in [0.15, 0.2) is 23.6 Å². The van der Waals surface area contributed by atoms with Crippen LogP contribution in [0.15, 0.2) is 23.5 Å². The van der Waals surface area contributed by atoms with E-state index < -0.39 is 42.0 Å². The zero-order chi connectivity index (χ0) is 24.2. The molecule has 0 radical (unpaired) electrons. The number of rotatable bonds is 7. The number of anilines is 1. The molecule has 4 atom stereocenters. The number of carbonyl (C=O) groups is 3. The van der Waals surface area contributed by atoms with Crippen LogP contribution in [0.1, 0.15) is 26.5 Å². The zero-order valence-electron chi connectivity index (χ0n) is 18.6. The predicted octanol–water partition coefficient (Wildman–Crippen LogP) is 0.643. The molecule has 2 aromatic rings. The molecular weight excluding hydrogens is 438 g/mol. The number of nitrogens with two attached hydrogens (primary N) is 1. The molecule has 13 heteroatoms. The SMILES string of the molecule is CCOC(=O)OC[C@H]1O[C@@](C=NC)(c2ccc3c(N)ncnn23)[C@H](OC(C)=O)[C@@H]1OC(C)=O. The summed E-state index contributed by atoms with van der Waals surface area (Å²) in [5.74, 6) is -1.10. The first-order valence-electron chi connectivity index (χ1n) is 10.1. The number of aromatic nitrogens is 3. The smallest absolute Gasteiger partial charge is 0.456 e. The van der Waals surface area contributed by atoms with Crippen molar-refractivity contribution in [2.24, 2.45) is 4.99 Å². The van der Waals surface area contributed by atoms with Crippen LogP contribution in [0.25, 0.3) is 5.52 Å². The van der Waals surface area contributed by atoms with E-state index in [1.165, 1.54) is 38.0 Å². The Balaban J connectivity index is 2.14. The normalized spacial score (nSPS) is 24.7. The van der Waals surface area contributed by atoms with Gasteiger partial charge < -0.3 is 29.4 Å². The van der Waals surface area contributed by atoms with Gasteiger partial charge in [-0.25, -0.2) is 14.3 Å². The fourth-order valence-electron chi connectivity index (χ4n) is 3.74. The minimum atomic E-state index is -1.57. The topological polar surface area (TPSA) is 166 Å². The number of fused-ring (bicyclic) bond motifs is 1. The van der Waals surface area contributed by atoms with Gasteiger partial charge >= 0.3 is 18.1 Å². The van der Waals surface area contributed by atoms with Crippen molar-refractivity contribution in [2.45, 2.75) is 44.7 Å². The number of hydrogen-bond donors (Lipinski definition) is 1. The lowest BCUT2D eigenvalue weighted by atomic mass is 9.91. The van der Waals surface area contributed by atoms with Crippen LogP contribution < -0.4 is 5.73 Å². The van der Waals surface area contributed by atoms with Crippen LogP contribution in [0, 0.1) is 0 Å². The number of esters is 2. The Morgan fingerprint density at radius 3 is 2.61 bits per heavy atom. The van der Waals surface area contributed by atoms with E-state index in [4.69, 9.17) is 29.4 Å². The third kappa shape index (κ3) is 4.72. The highest BCUT2D eigenvalue weighted by Gasteiger charge is 2.61. The van der Waals surface area contributed by atoms with Gasteiger partial charge in [0.1, 0.15) is 24.6 Å². The second kappa shape index (κ2) is 9.81. The summed E-state index contributed by atoms with van der Waals surface area (Å²) in [6.45, 7) is 3.78. The van der Waals surface area contributed by atoms with Crippen LogP contribution in [0.2, 0.25) is 0 Å². The average molecular weight is 463 g/mol. The number of nitrogens with zero attached hydrogens (tertiary/aromatic N) is 4. The lowest BCUT2D eigenvalue weighted by Gasteiger charge is -2.30. The second-order valence-electron chi connectivity index (χ2n) is 7.10. The highest BCUT2D eigenvalue weighted by atomic mass is 16.7. The van der Waals surface area contributed by atoms with Gasteiger partial charge in [0.05, 0.1) is 12.3 Å². The summed E-state index contributed by atoms with van der Waals surface area (Å²) in [5.41, 5.74) is 5.23. The number of nitrogen functional groups attached to an aromatic ring is 1. The van der Waals surface area contributed by atoms with E-state index >= 15 is 0 Å². The van der Waals surface area contributed by atoms with Gasteiger partial charge in [0.2, 0.25) is 0 Å². The Labute approximate surface area is 188 Å². The first kappa shape index (κ1) is 23.9. The van der Waals surface area contributed by atoms with Crippen molar-refractivity contribution < 1.29 is 38.1 Å². The molecule has 1 fully saturated rings. The molecule has 13 nitrogen and oxygen atoms in total. The second-order valence-corrected chi connectivity index (χ2v) is 7.10. The van der Waals surface area contributed by atoms with Crippen molar-refractivity contribution in [3.05, 3.63) is 24.2 Å². The lowest BCUT2D eigenvalue weighted by Crippen LogP contribution is -2.47. The van der Waals surface area contributed by atoms with Crippen molar-refractivity contribution in [3.8, 4) is 0 Å². The highest BCUT2D eigenvalue weighted by Crippen LogP contribution is 2.43. The summed E-state index contributed by atoms with van der Waals surface area (Å²) in [6.07, 6.45) is -1.66. The summed E-state index contributed by atoms with van der Waals surface area (Å²) < 4.78 is 28.7. The standard InChI is InChI=1S/C20H25N5O8/c1-5-29-19(28)30-8-14-16(31-11(2)26)17(32-12(3)27)20(33-14,9-22-4)15-7-6-13-18(21)23-10-24-25(13)15/h6-7,9-10,14,16-17H,5,8H2,1-4H3,(H2,21,23,24)/t14-,16-,17-,20+/m1/s1. The van der Waals surface area contributed by atoms with Crippen molar-refractivity contribution in [2.75, 3.05) is 26.0 Å². The Hall–Kier alpha value is -3.74. The molecule has 3 heterocycles. The number of aliphatic imine (C=N–C) groups is 1. The van der Waals surface area contributed by atoms with Crippen molar-refractivity contribution >= 4 is 35.6 Å². The summed E-state index contributed by atoms with van der Waals surface area (Å²) in [4.78, 5) is 43.8. The van der Waals surface area contributed by atoms with Crippen molar-refractivity contribution in [1.82, 2.24) is 14.6 Å². The van der Waals surface area contributed by atoms with Crippen molar-refractivity contribution in [1.29, 1.82) is 0 Å². The van der Waals surface area contributed by atoms with Crippen molar-refractivity contribution in [3.63, 3.8) is 0 Å². The molecule has 0 aliphatic carbocycles. The fourth-order valence-corrected chi connectivity index (χ4v) is 3.74. The van der Waals surface area contributed by atoms with E-state index in [0.29, 0.717) is 11.2 Å². The molecule has 0 spiro atoms. The molecule has 0 amide bonds. The van der Waals surface area contributed by atoms with Gasteiger partial charge in [0, 0.05) is 27.1 Å². The molecule has 0 unspecified atom stereocenters. The Kier molecular flexibility index (Phi) is 7.11. The van der Waals surface area contributed by atoms with Gasteiger partial charge in [-0.1, -0.05) is 0 Å². The van der Waals surface area contributed by atoms with Gasteiger partial charge in [-0.15, -0.1) is 0 Å². The molecule has 2 N–H and O–H groups in total. The molecule has 2 aromatic heterocycles. The maximum atomic E-state index is 12.0. The third-order valence-corrected chi connectivity index (χ3v) is 4.86. The molecule has 33 heavy (non-hydrogen) atoms. The first-order valence-corrected chi connectivity index (χ1v) is 10.1.